The summed E-state index contributed by atoms with van der Waals surface area (Å²) in [5.41, 5.74) is 0.754. The molecule has 0 bridgehead atoms. The van der Waals surface area contributed by atoms with E-state index >= 15 is 0 Å². The molecule has 0 radical (unpaired) electrons. The first kappa shape index (κ1) is 17.7. The van der Waals surface area contributed by atoms with Gasteiger partial charge in [0.2, 0.25) is 10.0 Å². The monoisotopic (exact) mass is 312 g/mol. The van der Waals surface area contributed by atoms with Gasteiger partial charge in [-0.1, -0.05) is 23.7 Å². The molecule has 0 aliphatic heterocycles. The zero-order valence-electron chi connectivity index (χ0n) is 10.4. The molecule has 4 nitrogen and oxygen atoms in total. The lowest BCUT2D eigenvalue weighted by Gasteiger charge is -2.09. The largest absolute Gasteiger partial charge is 0.320 e. The molecule has 0 unspecified atom stereocenters. The fourth-order valence-electron chi connectivity index (χ4n) is 1.38. The SMILES string of the molecule is CNCCCNS(=O)(=O)c1cccc(C)c1Cl.Cl. The summed E-state index contributed by atoms with van der Waals surface area (Å²) >= 11 is 5.99. The quantitative estimate of drug-likeness (QED) is 0.789. The van der Waals surface area contributed by atoms with E-state index in [9.17, 15) is 8.42 Å². The van der Waals surface area contributed by atoms with Gasteiger partial charge in [-0.15, -0.1) is 12.4 Å². The fraction of sp³-hybridized carbons (Fsp3) is 0.455. The van der Waals surface area contributed by atoms with Gasteiger partial charge in [-0.2, -0.15) is 0 Å². The molecule has 0 aliphatic carbocycles. The van der Waals surface area contributed by atoms with Gasteiger partial charge < -0.3 is 5.32 Å². The van der Waals surface area contributed by atoms with Gasteiger partial charge in [0.25, 0.3) is 0 Å². The van der Waals surface area contributed by atoms with E-state index in [4.69, 9.17) is 11.6 Å². The Morgan fingerprint density at radius 1 is 1.28 bits per heavy atom. The number of sulfonamides is 1. The maximum atomic E-state index is 12.0. The lowest BCUT2D eigenvalue weighted by molar-refractivity contribution is 0.577. The lowest BCUT2D eigenvalue weighted by atomic mass is 10.2. The summed E-state index contributed by atoms with van der Waals surface area (Å²) in [5.74, 6) is 0. The van der Waals surface area contributed by atoms with Crippen molar-refractivity contribution in [2.75, 3.05) is 20.1 Å². The van der Waals surface area contributed by atoms with Crippen molar-refractivity contribution >= 4 is 34.0 Å². The standard InChI is InChI=1S/C11H17ClN2O2S.ClH/c1-9-5-3-6-10(11(9)12)17(15,16)14-8-4-7-13-2;/h3,5-6,13-14H,4,7-8H2,1-2H3;1H. The Kier molecular flexibility index (Phi) is 7.82. The van der Waals surface area contributed by atoms with Gasteiger partial charge in [-0.05, 0) is 38.6 Å². The molecule has 0 aromatic heterocycles. The average molecular weight is 313 g/mol. The predicted molar refractivity (Wildman–Crippen MR) is 77.2 cm³/mol. The van der Waals surface area contributed by atoms with E-state index < -0.39 is 10.0 Å². The lowest BCUT2D eigenvalue weighted by Crippen LogP contribution is -2.27. The predicted octanol–water partition coefficient (Wildman–Crippen LogP) is 1.96. The van der Waals surface area contributed by atoms with Crippen molar-refractivity contribution in [3.8, 4) is 0 Å². The van der Waals surface area contributed by atoms with Crippen LogP contribution in [0.4, 0.5) is 0 Å². The molecule has 7 heteroatoms. The van der Waals surface area contributed by atoms with E-state index in [0.717, 1.165) is 18.5 Å². The zero-order valence-corrected chi connectivity index (χ0v) is 12.8. The summed E-state index contributed by atoms with van der Waals surface area (Å²) in [7, 11) is -1.68. The van der Waals surface area contributed by atoms with Crippen molar-refractivity contribution in [1.82, 2.24) is 10.0 Å². The molecule has 2 N–H and O–H groups in total. The summed E-state index contributed by atoms with van der Waals surface area (Å²) in [6, 6.07) is 4.97. The number of rotatable bonds is 6. The number of aryl methyl sites for hydroxylation is 1. The van der Waals surface area contributed by atoms with Crippen LogP contribution in [-0.4, -0.2) is 28.6 Å². The summed E-state index contributed by atoms with van der Waals surface area (Å²) in [6.07, 6.45) is 0.735. The number of halogens is 2. The Hall–Kier alpha value is -0.330. The maximum Gasteiger partial charge on any atom is 0.242 e. The summed E-state index contributed by atoms with van der Waals surface area (Å²) < 4.78 is 26.4. The van der Waals surface area contributed by atoms with Gasteiger partial charge >= 0.3 is 0 Å². The highest BCUT2D eigenvalue weighted by Gasteiger charge is 2.17. The minimum Gasteiger partial charge on any atom is -0.320 e. The second kappa shape index (κ2) is 7.96. The Morgan fingerprint density at radius 2 is 1.94 bits per heavy atom. The third-order valence-electron chi connectivity index (χ3n) is 2.34. The molecule has 18 heavy (non-hydrogen) atoms. The average Bonchev–Trinajstić information content (AvgIpc) is 2.28. The number of hydrogen-bond acceptors (Lipinski definition) is 3. The van der Waals surface area contributed by atoms with Crippen molar-refractivity contribution in [2.24, 2.45) is 0 Å². The topological polar surface area (TPSA) is 58.2 Å². The molecule has 0 saturated heterocycles. The highest BCUT2D eigenvalue weighted by Crippen LogP contribution is 2.24. The first-order valence-corrected chi connectivity index (χ1v) is 7.24. The van der Waals surface area contributed by atoms with Gasteiger partial charge in [0.05, 0.1) is 5.02 Å². The third kappa shape index (κ3) is 4.74. The third-order valence-corrected chi connectivity index (χ3v) is 4.46. The Morgan fingerprint density at radius 3 is 2.56 bits per heavy atom. The Labute approximate surface area is 120 Å². The molecule has 1 rings (SSSR count). The van der Waals surface area contributed by atoms with Crippen molar-refractivity contribution in [1.29, 1.82) is 0 Å². The van der Waals surface area contributed by atoms with E-state index in [1.54, 1.807) is 19.1 Å². The molecule has 0 fully saturated rings. The van der Waals surface area contributed by atoms with Crippen molar-refractivity contribution in [2.45, 2.75) is 18.2 Å². The van der Waals surface area contributed by atoms with Crippen LogP contribution in [0, 0.1) is 6.92 Å². The van der Waals surface area contributed by atoms with E-state index in [1.165, 1.54) is 6.07 Å². The Balaban J connectivity index is 0.00000289. The number of benzene rings is 1. The summed E-state index contributed by atoms with van der Waals surface area (Å²) in [5, 5.41) is 3.24. The van der Waals surface area contributed by atoms with E-state index in [-0.39, 0.29) is 22.3 Å². The summed E-state index contributed by atoms with van der Waals surface area (Å²) in [6.45, 7) is 2.94. The van der Waals surface area contributed by atoms with E-state index in [2.05, 4.69) is 10.0 Å². The molecule has 1 aromatic rings. The van der Waals surface area contributed by atoms with Crippen molar-refractivity contribution in [3.63, 3.8) is 0 Å². The summed E-state index contributed by atoms with van der Waals surface area (Å²) in [4.78, 5) is 0.142. The molecule has 104 valence electrons. The number of hydrogen-bond donors (Lipinski definition) is 2. The van der Waals surface area contributed by atoms with E-state index in [1.807, 2.05) is 7.05 Å². The van der Waals surface area contributed by atoms with Crippen LogP contribution in [0.5, 0.6) is 0 Å². The van der Waals surface area contributed by atoms with Crippen LogP contribution in [0.2, 0.25) is 5.02 Å². The van der Waals surface area contributed by atoms with Gasteiger partial charge in [-0.3, -0.25) is 0 Å². The molecular weight excluding hydrogens is 295 g/mol. The van der Waals surface area contributed by atoms with Crippen LogP contribution in [-0.2, 0) is 10.0 Å². The van der Waals surface area contributed by atoms with Crippen molar-refractivity contribution < 1.29 is 8.42 Å². The second-order valence-electron chi connectivity index (χ2n) is 3.74. The Bertz CT molecular complexity index is 478. The van der Waals surface area contributed by atoms with Crippen LogP contribution in [0.15, 0.2) is 23.1 Å². The van der Waals surface area contributed by atoms with Gasteiger partial charge in [-0.25, -0.2) is 13.1 Å². The normalized spacial score (nSPS) is 11.1. The number of nitrogens with one attached hydrogen (secondary N) is 2. The smallest absolute Gasteiger partial charge is 0.242 e. The van der Waals surface area contributed by atoms with Gasteiger partial charge in [0.1, 0.15) is 4.90 Å². The molecule has 0 amide bonds. The molecular formula is C11H18Cl2N2O2S. The molecule has 0 spiro atoms. The first-order chi connectivity index (χ1) is 7.99. The molecule has 0 saturated carbocycles. The van der Waals surface area contributed by atoms with Crippen LogP contribution < -0.4 is 10.0 Å². The first-order valence-electron chi connectivity index (χ1n) is 5.38. The van der Waals surface area contributed by atoms with Crippen LogP contribution in [0.3, 0.4) is 0 Å². The second-order valence-corrected chi connectivity index (χ2v) is 5.86. The molecule has 1 aromatic carbocycles. The zero-order chi connectivity index (χ0) is 12.9. The molecule has 0 heterocycles. The minimum atomic E-state index is -3.50. The van der Waals surface area contributed by atoms with Crippen LogP contribution >= 0.6 is 24.0 Å². The molecule has 0 aliphatic rings. The van der Waals surface area contributed by atoms with Crippen molar-refractivity contribution in [3.05, 3.63) is 28.8 Å². The highest BCUT2D eigenvalue weighted by atomic mass is 35.5. The minimum absolute atomic E-state index is 0. The fourth-order valence-corrected chi connectivity index (χ4v) is 3.03. The molecule has 0 atom stereocenters. The van der Waals surface area contributed by atoms with Crippen LogP contribution in [0.1, 0.15) is 12.0 Å². The van der Waals surface area contributed by atoms with Gasteiger partial charge in [0.15, 0.2) is 0 Å². The van der Waals surface area contributed by atoms with Gasteiger partial charge in [0, 0.05) is 6.54 Å². The highest BCUT2D eigenvalue weighted by molar-refractivity contribution is 7.89. The maximum absolute atomic E-state index is 12.0. The van der Waals surface area contributed by atoms with E-state index in [0.29, 0.717) is 6.54 Å². The van der Waals surface area contributed by atoms with Crippen LogP contribution in [0.25, 0.3) is 0 Å².